The molecule has 4 heteroatoms. The maximum absolute atomic E-state index is 10.9. The van der Waals surface area contributed by atoms with Crippen LogP contribution >= 0.6 is 0 Å². The van der Waals surface area contributed by atoms with Crippen molar-refractivity contribution in [2.45, 2.75) is 20.5 Å². The number of aryl methyl sites for hydroxylation is 2. The average Bonchev–Trinajstić information content (AvgIpc) is 2.38. The zero-order valence-corrected chi connectivity index (χ0v) is 10.9. The molecule has 0 radical (unpaired) electrons. The van der Waals surface area contributed by atoms with E-state index in [1.807, 2.05) is 26.0 Å². The van der Waals surface area contributed by atoms with Gasteiger partial charge in [-0.25, -0.2) is 4.79 Å². The Hall–Kier alpha value is -2.36. The lowest BCUT2D eigenvalue weighted by atomic mass is 10.1. The number of carboxylic acid groups (broad SMARTS) is 1. The Bertz CT molecular complexity index is 571. The molecule has 1 heterocycles. The van der Waals surface area contributed by atoms with Crippen molar-refractivity contribution in [2.75, 3.05) is 0 Å². The van der Waals surface area contributed by atoms with Crippen molar-refractivity contribution >= 4 is 5.97 Å². The first-order chi connectivity index (χ1) is 9.08. The van der Waals surface area contributed by atoms with Crippen LogP contribution in [0.3, 0.4) is 0 Å². The fraction of sp³-hybridized carbons (Fsp3) is 0.200. The van der Waals surface area contributed by atoms with Crippen LogP contribution in [0.4, 0.5) is 0 Å². The minimum atomic E-state index is -0.926. The summed E-state index contributed by atoms with van der Waals surface area (Å²) in [5, 5.41) is 8.98. The number of rotatable bonds is 4. The van der Waals surface area contributed by atoms with E-state index in [4.69, 9.17) is 9.84 Å². The van der Waals surface area contributed by atoms with Crippen LogP contribution in [0.1, 0.15) is 27.0 Å². The summed E-state index contributed by atoms with van der Waals surface area (Å²) < 4.78 is 5.76. The van der Waals surface area contributed by atoms with Gasteiger partial charge in [0.15, 0.2) is 0 Å². The second-order valence-corrected chi connectivity index (χ2v) is 4.39. The number of aromatic carboxylic acids is 1. The SMILES string of the molecule is Cc1cc(C(=O)O)cc(C)c1OCc1cccnc1. The molecule has 19 heavy (non-hydrogen) atoms. The summed E-state index contributed by atoms with van der Waals surface area (Å²) in [5.41, 5.74) is 2.90. The Balaban J connectivity index is 2.19. The zero-order valence-electron chi connectivity index (χ0n) is 10.9. The van der Waals surface area contributed by atoms with E-state index in [9.17, 15) is 4.79 Å². The topological polar surface area (TPSA) is 59.4 Å². The van der Waals surface area contributed by atoms with Crippen molar-refractivity contribution in [2.24, 2.45) is 0 Å². The molecular formula is C15H15NO3. The van der Waals surface area contributed by atoms with Crippen LogP contribution in [-0.4, -0.2) is 16.1 Å². The smallest absolute Gasteiger partial charge is 0.335 e. The van der Waals surface area contributed by atoms with Gasteiger partial charge < -0.3 is 9.84 Å². The number of pyridine rings is 1. The number of ether oxygens (including phenoxy) is 1. The third-order valence-electron chi connectivity index (χ3n) is 2.81. The summed E-state index contributed by atoms with van der Waals surface area (Å²) in [6.45, 7) is 4.11. The summed E-state index contributed by atoms with van der Waals surface area (Å²) >= 11 is 0. The quantitative estimate of drug-likeness (QED) is 0.914. The highest BCUT2D eigenvalue weighted by Gasteiger charge is 2.10. The highest BCUT2D eigenvalue weighted by molar-refractivity contribution is 5.88. The predicted molar refractivity (Wildman–Crippen MR) is 71.4 cm³/mol. The molecule has 0 aliphatic carbocycles. The van der Waals surface area contributed by atoms with Crippen molar-refractivity contribution in [3.63, 3.8) is 0 Å². The lowest BCUT2D eigenvalue weighted by molar-refractivity contribution is 0.0696. The molecule has 1 aromatic carbocycles. The Kier molecular flexibility index (Phi) is 3.80. The molecule has 1 aromatic heterocycles. The van der Waals surface area contributed by atoms with Gasteiger partial charge in [-0.15, -0.1) is 0 Å². The van der Waals surface area contributed by atoms with Crippen LogP contribution < -0.4 is 4.74 Å². The van der Waals surface area contributed by atoms with Gasteiger partial charge in [-0.2, -0.15) is 0 Å². The highest BCUT2D eigenvalue weighted by Crippen LogP contribution is 2.25. The van der Waals surface area contributed by atoms with E-state index in [-0.39, 0.29) is 5.56 Å². The first-order valence-corrected chi connectivity index (χ1v) is 5.94. The molecule has 0 atom stereocenters. The Morgan fingerprint density at radius 1 is 1.32 bits per heavy atom. The molecule has 98 valence electrons. The minimum absolute atomic E-state index is 0.281. The van der Waals surface area contributed by atoms with Gasteiger partial charge in [0, 0.05) is 18.0 Å². The van der Waals surface area contributed by atoms with E-state index in [1.54, 1.807) is 24.5 Å². The molecule has 0 aliphatic rings. The standard InChI is InChI=1S/C15H15NO3/c1-10-6-13(15(17)18)7-11(2)14(10)19-9-12-4-3-5-16-8-12/h3-8H,9H2,1-2H3,(H,17,18). The normalized spacial score (nSPS) is 10.2. The number of nitrogens with zero attached hydrogens (tertiary/aromatic N) is 1. The van der Waals surface area contributed by atoms with Gasteiger partial charge >= 0.3 is 5.97 Å². The van der Waals surface area contributed by atoms with Crippen LogP contribution in [0.15, 0.2) is 36.7 Å². The van der Waals surface area contributed by atoms with Gasteiger partial charge in [-0.1, -0.05) is 6.07 Å². The number of aromatic nitrogens is 1. The zero-order chi connectivity index (χ0) is 13.8. The Labute approximate surface area is 111 Å². The molecule has 2 aromatic rings. The molecule has 0 aliphatic heterocycles. The summed E-state index contributed by atoms with van der Waals surface area (Å²) in [7, 11) is 0. The molecule has 0 spiro atoms. The van der Waals surface area contributed by atoms with Crippen molar-refractivity contribution in [3.8, 4) is 5.75 Å². The van der Waals surface area contributed by atoms with E-state index in [0.29, 0.717) is 6.61 Å². The van der Waals surface area contributed by atoms with Crippen LogP contribution in [0.25, 0.3) is 0 Å². The number of hydrogen-bond donors (Lipinski definition) is 1. The minimum Gasteiger partial charge on any atom is -0.488 e. The molecule has 0 amide bonds. The van der Waals surface area contributed by atoms with Crippen LogP contribution in [0.2, 0.25) is 0 Å². The van der Waals surface area contributed by atoms with Gasteiger partial charge in [0.2, 0.25) is 0 Å². The molecule has 0 unspecified atom stereocenters. The molecule has 1 N–H and O–H groups in total. The number of hydrogen-bond acceptors (Lipinski definition) is 3. The second-order valence-electron chi connectivity index (χ2n) is 4.39. The van der Waals surface area contributed by atoms with Gasteiger partial charge in [0.25, 0.3) is 0 Å². The molecular weight excluding hydrogens is 242 g/mol. The summed E-state index contributed by atoms with van der Waals surface area (Å²) in [6, 6.07) is 7.02. The number of benzene rings is 1. The van der Waals surface area contributed by atoms with Crippen molar-refractivity contribution in [1.82, 2.24) is 4.98 Å². The second kappa shape index (κ2) is 5.52. The van der Waals surface area contributed by atoms with E-state index in [0.717, 1.165) is 22.4 Å². The molecule has 4 nitrogen and oxygen atoms in total. The third kappa shape index (κ3) is 3.10. The van der Waals surface area contributed by atoms with E-state index in [2.05, 4.69) is 4.98 Å². The summed E-state index contributed by atoms with van der Waals surface area (Å²) in [4.78, 5) is 15.0. The first kappa shape index (κ1) is 13.1. The fourth-order valence-electron chi connectivity index (χ4n) is 1.94. The average molecular weight is 257 g/mol. The maximum atomic E-state index is 10.9. The van der Waals surface area contributed by atoms with Gasteiger partial charge in [-0.3, -0.25) is 4.98 Å². The van der Waals surface area contributed by atoms with Crippen LogP contribution in [-0.2, 0) is 6.61 Å². The number of carbonyl (C=O) groups is 1. The lowest BCUT2D eigenvalue weighted by Crippen LogP contribution is -2.03. The molecule has 0 bridgehead atoms. The van der Waals surface area contributed by atoms with E-state index < -0.39 is 5.97 Å². The maximum Gasteiger partial charge on any atom is 0.335 e. The van der Waals surface area contributed by atoms with Crippen LogP contribution in [0, 0.1) is 13.8 Å². The van der Waals surface area contributed by atoms with Crippen molar-refractivity contribution in [3.05, 3.63) is 58.9 Å². The fourth-order valence-corrected chi connectivity index (χ4v) is 1.94. The summed E-state index contributed by atoms with van der Waals surface area (Å²) in [5.74, 6) is -0.195. The highest BCUT2D eigenvalue weighted by atomic mass is 16.5. The van der Waals surface area contributed by atoms with Crippen LogP contribution in [0.5, 0.6) is 5.75 Å². The van der Waals surface area contributed by atoms with Crippen molar-refractivity contribution < 1.29 is 14.6 Å². The molecule has 0 fully saturated rings. The lowest BCUT2D eigenvalue weighted by Gasteiger charge is -2.13. The Morgan fingerprint density at radius 3 is 2.53 bits per heavy atom. The number of carboxylic acids is 1. The molecule has 2 rings (SSSR count). The third-order valence-corrected chi connectivity index (χ3v) is 2.81. The van der Waals surface area contributed by atoms with E-state index in [1.165, 1.54) is 0 Å². The first-order valence-electron chi connectivity index (χ1n) is 5.94. The van der Waals surface area contributed by atoms with Gasteiger partial charge in [0.05, 0.1) is 5.56 Å². The molecule has 0 saturated carbocycles. The molecule has 0 saturated heterocycles. The van der Waals surface area contributed by atoms with E-state index >= 15 is 0 Å². The van der Waals surface area contributed by atoms with Gasteiger partial charge in [-0.05, 0) is 43.2 Å². The predicted octanol–water partition coefficient (Wildman–Crippen LogP) is 2.98. The van der Waals surface area contributed by atoms with Gasteiger partial charge in [0.1, 0.15) is 12.4 Å². The summed E-state index contributed by atoms with van der Waals surface area (Å²) in [6.07, 6.45) is 3.46. The monoisotopic (exact) mass is 257 g/mol. The Morgan fingerprint density at radius 2 is 2.00 bits per heavy atom. The van der Waals surface area contributed by atoms with Crippen molar-refractivity contribution in [1.29, 1.82) is 0 Å². The largest absolute Gasteiger partial charge is 0.488 e.